The Morgan fingerprint density at radius 2 is 2.00 bits per heavy atom. The third kappa shape index (κ3) is 0.856. The van der Waals surface area contributed by atoms with E-state index in [9.17, 15) is 5.11 Å². The molecule has 2 aliphatic carbocycles. The van der Waals surface area contributed by atoms with Gasteiger partial charge in [0.1, 0.15) is 0 Å². The molecule has 0 aromatic rings. The first kappa shape index (κ1) is 6.86. The molecule has 0 aromatic heterocycles. The molecule has 4 atom stereocenters. The second kappa shape index (κ2) is 2.34. The van der Waals surface area contributed by atoms with E-state index in [1.54, 1.807) is 0 Å². The van der Waals surface area contributed by atoms with Crippen LogP contribution in [-0.4, -0.2) is 20.7 Å². The van der Waals surface area contributed by atoms with Crippen molar-refractivity contribution in [2.75, 3.05) is 0 Å². The van der Waals surface area contributed by atoms with Gasteiger partial charge in [0.25, 0.3) is 0 Å². The quantitative estimate of drug-likeness (QED) is 0.556. The van der Waals surface area contributed by atoms with Gasteiger partial charge in [0.15, 0.2) is 0 Å². The summed E-state index contributed by atoms with van der Waals surface area (Å²) in [4.78, 5) is 0. The molecule has 2 saturated carbocycles. The Labute approximate surface area is 64.7 Å². The smallest absolute Gasteiger partial charge is 0.0571 e. The van der Waals surface area contributed by atoms with Gasteiger partial charge in [-0.3, -0.25) is 0 Å². The zero-order chi connectivity index (χ0) is 7.14. The number of fused-ring (bicyclic) bond motifs is 2. The Bertz CT molecular complexity index is 135. The first-order chi connectivity index (χ1) is 4.81. The molecule has 2 bridgehead atoms. The van der Waals surface area contributed by atoms with Crippen LogP contribution in [0.2, 0.25) is 12.1 Å². The van der Waals surface area contributed by atoms with Crippen LogP contribution >= 0.6 is 0 Å². The van der Waals surface area contributed by atoms with Crippen molar-refractivity contribution in [3.8, 4) is 0 Å². The average molecular weight is 156 g/mol. The van der Waals surface area contributed by atoms with Crippen molar-refractivity contribution in [3.63, 3.8) is 0 Å². The van der Waals surface area contributed by atoms with Gasteiger partial charge in [0, 0.05) is 9.52 Å². The minimum Gasteiger partial charge on any atom is -0.393 e. The highest BCUT2D eigenvalue weighted by molar-refractivity contribution is 6.35. The topological polar surface area (TPSA) is 20.2 Å². The Morgan fingerprint density at radius 1 is 1.20 bits per heavy atom. The van der Waals surface area contributed by atoms with E-state index in [1.165, 1.54) is 12.8 Å². The summed E-state index contributed by atoms with van der Waals surface area (Å²) >= 11 is 0. The molecule has 2 rings (SSSR count). The second-order valence-electron chi connectivity index (χ2n) is 3.96. The molecule has 0 saturated heterocycles. The van der Waals surface area contributed by atoms with Crippen molar-refractivity contribution in [1.29, 1.82) is 0 Å². The fourth-order valence-electron chi connectivity index (χ4n) is 2.86. The highest BCUT2D eigenvalue weighted by Crippen LogP contribution is 2.51. The van der Waals surface area contributed by atoms with Crippen molar-refractivity contribution >= 4 is 9.52 Å². The monoisotopic (exact) mass is 156 g/mol. The van der Waals surface area contributed by atoms with Crippen molar-refractivity contribution in [2.24, 2.45) is 11.8 Å². The Balaban J connectivity index is 2.02. The maximum Gasteiger partial charge on any atom is 0.0571 e. The Morgan fingerprint density at radius 3 is 2.40 bits per heavy atom. The van der Waals surface area contributed by atoms with Crippen LogP contribution in [0.25, 0.3) is 0 Å². The van der Waals surface area contributed by atoms with Gasteiger partial charge in [-0.1, -0.05) is 6.55 Å². The largest absolute Gasteiger partial charge is 0.393 e. The second-order valence-corrected chi connectivity index (χ2v) is 5.83. The molecule has 1 N–H and O–H groups in total. The van der Waals surface area contributed by atoms with Crippen LogP contribution in [-0.2, 0) is 0 Å². The van der Waals surface area contributed by atoms with Crippen molar-refractivity contribution in [3.05, 3.63) is 0 Å². The van der Waals surface area contributed by atoms with E-state index in [-0.39, 0.29) is 15.6 Å². The molecule has 0 spiro atoms. The Hall–Kier alpha value is 0.177. The molecule has 0 aliphatic heterocycles. The molecule has 2 aliphatic rings. The molecular formula is C8H16OSi. The average Bonchev–Trinajstić information content (AvgIpc) is 2.44. The summed E-state index contributed by atoms with van der Waals surface area (Å²) in [5.74, 6) is 1.65. The number of hydrogen-bond acceptors (Lipinski definition) is 1. The molecule has 0 amide bonds. The molecule has 2 heteroatoms. The van der Waals surface area contributed by atoms with Crippen LogP contribution in [0.1, 0.15) is 19.3 Å². The van der Waals surface area contributed by atoms with Gasteiger partial charge in [-0.05, 0) is 36.6 Å². The highest BCUT2D eigenvalue weighted by atomic mass is 28.2. The molecule has 4 unspecified atom stereocenters. The van der Waals surface area contributed by atoms with Gasteiger partial charge in [0.05, 0.1) is 6.10 Å². The predicted molar refractivity (Wildman–Crippen MR) is 45.0 cm³/mol. The first-order valence-corrected chi connectivity index (χ1v) is 6.72. The maximum absolute atomic E-state index is 9.45. The fourth-order valence-corrected chi connectivity index (χ4v) is 4.68. The number of hydrogen-bond donors (Lipinski definition) is 1. The molecule has 1 nitrogen and oxygen atoms in total. The summed E-state index contributed by atoms with van der Waals surface area (Å²) in [5, 5.41) is 9.45. The van der Waals surface area contributed by atoms with Gasteiger partial charge in [0.2, 0.25) is 0 Å². The van der Waals surface area contributed by atoms with Crippen LogP contribution < -0.4 is 0 Å². The van der Waals surface area contributed by atoms with E-state index in [4.69, 9.17) is 0 Å². The predicted octanol–water partition coefficient (Wildman–Crippen LogP) is 0.783. The third-order valence-electron chi connectivity index (χ3n) is 3.49. The summed E-state index contributed by atoms with van der Waals surface area (Å²) in [6.45, 7) is 2.41. The van der Waals surface area contributed by atoms with Crippen LogP contribution in [0, 0.1) is 11.8 Å². The van der Waals surface area contributed by atoms with Gasteiger partial charge in [-0.25, -0.2) is 0 Å². The van der Waals surface area contributed by atoms with Crippen LogP contribution in [0.15, 0.2) is 0 Å². The van der Waals surface area contributed by atoms with E-state index in [2.05, 4.69) is 6.55 Å². The number of aliphatic hydroxyl groups is 1. The SMILES string of the molecule is C[SiH2]C1CC2CC1CC2O. The molecule has 58 valence electrons. The normalized spacial score (nSPS) is 53.4. The van der Waals surface area contributed by atoms with Crippen LogP contribution in [0.4, 0.5) is 0 Å². The summed E-state index contributed by atoms with van der Waals surface area (Å²) in [6.07, 6.45) is 3.94. The summed E-state index contributed by atoms with van der Waals surface area (Å²) < 4.78 is 0. The molecule has 0 aromatic carbocycles. The van der Waals surface area contributed by atoms with Crippen molar-refractivity contribution in [2.45, 2.75) is 37.5 Å². The van der Waals surface area contributed by atoms with E-state index in [0.29, 0.717) is 5.92 Å². The zero-order valence-corrected chi connectivity index (χ0v) is 8.00. The lowest BCUT2D eigenvalue weighted by molar-refractivity contribution is 0.113. The van der Waals surface area contributed by atoms with E-state index < -0.39 is 0 Å². The number of rotatable bonds is 1. The lowest BCUT2D eigenvalue weighted by atomic mass is 9.97. The van der Waals surface area contributed by atoms with Crippen molar-refractivity contribution < 1.29 is 5.11 Å². The molecule has 2 fully saturated rings. The molecule has 0 heterocycles. The molecule has 10 heavy (non-hydrogen) atoms. The summed E-state index contributed by atoms with van der Waals surface area (Å²) in [7, 11) is 0.229. The maximum atomic E-state index is 9.45. The van der Waals surface area contributed by atoms with Crippen LogP contribution in [0.5, 0.6) is 0 Å². The summed E-state index contributed by atoms with van der Waals surface area (Å²) in [5.41, 5.74) is 1.09. The fraction of sp³-hybridized carbons (Fsp3) is 1.00. The van der Waals surface area contributed by atoms with E-state index in [1.807, 2.05) is 0 Å². The highest BCUT2D eigenvalue weighted by Gasteiger charge is 2.43. The van der Waals surface area contributed by atoms with Gasteiger partial charge < -0.3 is 5.11 Å². The standard InChI is InChI=1S/C8H16OSi/c1-10-8-4-5-2-6(8)3-7(5)9/h5-9H,2-4,10H2,1H3. The lowest BCUT2D eigenvalue weighted by Crippen LogP contribution is -2.20. The van der Waals surface area contributed by atoms with Gasteiger partial charge in [-0.15, -0.1) is 0 Å². The minimum atomic E-state index is 0.0850. The first-order valence-electron chi connectivity index (χ1n) is 4.49. The summed E-state index contributed by atoms with van der Waals surface area (Å²) in [6, 6.07) is 0. The third-order valence-corrected chi connectivity index (χ3v) is 5.54. The zero-order valence-electron chi connectivity index (χ0n) is 6.59. The van der Waals surface area contributed by atoms with Crippen LogP contribution in [0.3, 0.4) is 0 Å². The number of aliphatic hydroxyl groups excluding tert-OH is 1. The van der Waals surface area contributed by atoms with Gasteiger partial charge >= 0.3 is 0 Å². The van der Waals surface area contributed by atoms with E-state index >= 15 is 0 Å². The van der Waals surface area contributed by atoms with E-state index in [0.717, 1.165) is 17.9 Å². The molecular weight excluding hydrogens is 140 g/mol. The Kier molecular flexibility index (Phi) is 1.61. The van der Waals surface area contributed by atoms with Gasteiger partial charge in [-0.2, -0.15) is 0 Å². The minimum absolute atomic E-state index is 0.0850. The molecule has 0 radical (unpaired) electrons. The lowest BCUT2D eigenvalue weighted by Gasteiger charge is -2.23. The van der Waals surface area contributed by atoms with Crippen molar-refractivity contribution in [1.82, 2.24) is 0 Å².